The monoisotopic (exact) mass is 321 g/mol. The smallest absolute Gasteiger partial charge is 0.253 e. The summed E-state index contributed by atoms with van der Waals surface area (Å²) < 4.78 is 1.96. The zero-order chi connectivity index (χ0) is 17.3. The van der Waals surface area contributed by atoms with Crippen molar-refractivity contribution in [1.29, 1.82) is 0 Å². The Morgan fingerprint density at radius 3 is 2.62 bits per heavy atom. The van der Waals surface area contributed by atoms with Gasteiger partial charge in [0.25, 0.3) is 5.91 Å². The van der Waals surface area contributed by atoms with E-state index in [1.807, 2.05) is 68.9 Å². The summed E-state index contributed by atoms with van der Waals surface area (Å²) >= 11 is 0. The van der Waals surface area contributed by atoms with Crippen LogP contribution < -0.4 is 5.32 Å². The van der Waals surface area contributed by atoms with Crippen LogP contribution in [0.1, 0.15) is 35.5 Å². The lowest BCUT2D eigenvalue weighted by Crippen LogP contribution is -2.45. The van der Waals surface area contributed by atoms with Gasteiger partial charge in [0.05, 0.1) is 11.3 Å². The molecule has 4 heteroatoms. The molecule has 3 aromatic rings. The number of fused-ring (bicyclic) bond motifs is 1. The number of benzene rings is 1. The topological polar surface area (TPSA) is 46.9 Å². The quantitative estimate of drug-likeness (QED) is 0.797. The summed E-state index contributed by atoms with van der Waals surface area (Å²) in [6.07, 6.45) is 2.73. The summed E-state index contributed by atoms with van der Waals surface area (Å²) in [7, 11) is 1.96. The average Bonchev–Trinajstić information content (AvgIpc) is 2.87. The second-order valence-electron chi connectivity index (χ2n) is 6.96. The third-order valence-electron chi connectivity index (χ3n) is 4.22. The molecule has 0 aliphatic heterocycles. The Kier molecular flexibility index (Phi) is 4.14. The van der Waals surface area contributed by atoms with E-state index in [4.69, 9.17) is 0 Å². The molecule has 3 rings (SSSR count). The fourth-order valence-electron chi connectivity index (χ4n) is 3.03. The first-order valence-electron chi connectivity index (χ1n) is 8.15. The molecule has 1 amide bonds. The van der Waals surface area contributed by atoms with Crippen LogP contribution in [0.4, 0.5) is 0 Å². The summed E-state index contributed by atoms with van der Waals surface area (Å²) in [6.45, 7) is 5.97. The van der Waals surface area contributed by atoms with Gasteiger partial charge in [0, 0.05) is 24.2 Å². The summed E-state index contributed by atoms with van der Waals surface area (Å²) in [5.41, 5.74) is 3.15. The molecule has 24 heavy (non-hydrogen) atoms. The number of nitrogens with zero attached hydrogens (tertiary/aromatic N) is 2. The van der Waals surface area contributed by atoms with Crippen LogP contribution in [0.25, 0.3) is 11.0 Å². The Balaban J connectivity index is 1.82. The highest BCUT2D eigenvalue weighted by Gasteiger charge is 2.23. The number of pyridine rings is 1. The van der Waals surface area contributed by atoms with Crippen LogP contribution in [-0.2, 0) is 13.5 Å². The van der Waals surface area contributed by atoms with Crippen LogP contribution in [0.5, 0.6) is 0 Å². The van der Waals surface area contributed by atoms with Crippen LogP contribution in [0.3, 0.4) is 0 Å². The molecular weight excluding hydrogens is 298 g/mol. The Morgan fingerprint density at radius 1 is 1.21 bits per heavy atom. The SMILES string of the molecule is Cc1nc2c(ccn2C)cc1C(=O)NC(C)(C)Cc1ccccc1. The maximum absolute atomic E-state index is 12.8. The van der Waals surface area contributed by atoms with E-state index in [-0.39, 0.29) is 11.4 Å². The van der Waals surface area contributed by atoms with Crippen LogP contribution in [0.2, 0.25) is 0 Å². The van der Waals surface area contributed by atoms with E-state index in [1.54, 1.807) is 0 Å². The van der Waals surface area contributed by atoms with E-state index >= 15 is 0 Å². The third-order valence-corrected chi connectivity index (χ3v) is 4.22. The fourth-order valence-corrected chi connectivity index (χ4v) is 3.03. The van der Waals surface area contributed by atoms with Crippen LogP contribution in [-0.4, -0.2) is 21.0 Å². The molecule has 0 radical (unpaired) electrons. The van der Waals surface area contributed by atoms with Gasteiger partial charge in [-0.1, -0.05) is 30.3 Å². The van der Waals surface area contributed by atoms with Crippen molar-refractivity contribution in [3.63, 3.8) is 0 Å². The lowest BCUT2D eigenvalue weighted by Gasteiger charge is -2.27. The van der Waals surface area contributed by atoms with Gasteiger partial charge in [-0.05, 0) is 44.9 Å². The molecule has 2 heterocycles. The number of rotatable bonds is 4. The minimum Gasteiger partial charge on any atom is -0.347 e. The standard InChI is InChI=1S/C20H23N3O/c1-14-17(12-16-10-11-23(4)18(16)21-14)19(24)22-20(2,3)13-15-8-6-5-7-9-15/h5-12H,13H2,1-4H3,(H,22,24). The van der Waals surface area contributed by atoms with Gasteiger partial charge in [0.15, 0.2) is 0 Å². The second-order valence-corrected chi connectivity index (χ2v) is 6.96. The first kappa shape index (κ1) is 16.2. The van der Waals surface area contributed by atoms with Crippen LogP contribution in [0.15, 0.2) is 48.7 Å². The number of hydrogen-bond acceptors (Lipinski definition) is 2. The number of carbonyl (C=O) groups excluding carboxylic acids is 1. The minimum atomic E-state index is -0.337. The highest BCUT2D eigenvalue weighted by atomic mass is 16.1. The predicted molar refractivity (Wildman–Crippen MR) is 97.1 cm³/mol. The van der Waals surface area contributed by atoms with E-state index < -0.39 is 0 Å². The van der Waals surface area contributed by atoms with Gasteiger partial charge in [0.2, 0.25) is 0 Å². The molecule has 0 aliphatic rings. The Hall–Kier alpha value is -2.62. The summed E-state index contributed by atoms with van der Waals surface area (Å²) in [4.78, 5) is 17.3. The van der Waals surface area contributed by atoms with Gasteiger partial charge in [-0.3, -0.25) is 4.79 Å². The summed E-state index contributed by atoms with van der Waals surface area (Å²) in [5, 5.41) is 4.13. The first-order valence-corrected chi connectivity index (χ1v) is 8.15. The molecule has 0 aliphatic carbocycles. The van der Waals surface area contributed by atoms with Crippen molar-refractivity contribution in [1.82, 2.24) is 14.9 Å². The van der Waals surface area contributed by atoms with Crippen molar-refractivity contribution < 1.29 is 4.79 Å². The summed E-state index contributed by atoms with van der Waals surface area (Å²) in [5.74, 6) is -0.0771. The van der Waals surface area contributed by atoms with E-state index in [0.717, 1.165) is 23.1 Å². The van der Waals surface area contributed by atoms with Crippen molar-refractivity contribution >= 4 is 16.9 Å². The molecule has 2 aromatic heterocycles. The number of aromatic nitrogens is 2. The zero-order valence-electron chi connectivity index (χ0n) is 14.6. The molecule has 0 atom stereocenters. The van der Waals surface area contributed by atoms with E-state index in [2.05, 4.69) is 22.4 Å². The Morgan fingerprint density at radius 2 is 1.92 bits per heavy atom. The molecule has 0 unspecified atom stereocenters. The second kappa shape index (κ2) is 6.11. The van der Waals surface area contributed by atoms with Crippen molar-refractivity contribution in [2.75, 3.05) is 0 Å². The number of hydrogen-bond donors (Lipinski definition) is 1. The van der Waals surface area contributed by atoms with Gasteiger partial charge < -0.3 is 9.88 Å². The zero-order valence-corrected chi connectivity index (χ0v) is 14.6. The Labute approximate surface area is 142 Å². The lowest BCUT2D eigenvalue weighted by atomic mass is 9.94. The number of aryl methyl sites for hydroxylation is 2. The lowest BCUT2D eigenvalue weighted by molar-refractivity contribution is 0.0912. The highest BCUT2D eigenvalue weighted by Crippen LogP contribution is 2.19. The first-order chi connectivity index (χ1) is 11.4. The van der Waals surface area contributed by atoms with Gasteiger partial charge in [-0.15, -0.1) is 0 Å². The number of nitrogens with one attached hydrogen (secondary N) is 1. The normalized spacial score (nSPS) is 11.7. The number of carbonyl (C=O) groups is 1. The van der Waals surface area contributed by atoms with Gasteiger partial charge in [-0.2, -0.15) is 0 Å². The average molecular weight is 321 g/mol. The van der Waals surface area contributed by atoms with Crippen molar-refractivity contribution in [3.8, 4) is 0 Å². The molecule has 1 aromatic carbocycles. The number of amides is 1. The maximum atomic E-state index is 12.8. The van der Waals surface area contributed by atoms with Crippen molar-refractivity contribution in [3.05, 3.63) is 65.5 Å². The molecule has 0 saturated carbocycles. The van der Waals surface area contributed by atoms with E-state index in [1.165, 1.54) is 5.56 Å². The Bertz CT molecular complexity index is 879. The molecule has 0 fully saturated rings. The van der Waals surface area contributed by atoms with Gasteiger partial charge in [0.1, 0.15) is 5.65 Å². The predicted octanol–water partition coefficient (Wildman–Crippen LogP) is 3.63. The van der Waals surface area contributed by atoms with Crippen molar-refractivity contribution in [2.45, 2.75) is 32.7 Å². The summed E-state index contributed by atoms with van der Waals surface area (Å²) in [6, 6.07) is 14.1. The minimum absolute atomic E-state index is 0.0771. The van der Waals surface area contributed by atoms with Crippen LogP contribution in [0, 0.1) is 6.92 Å². The molecule has 0 spiro atoms. The van der Waals surface area contributed by atoms with E-state index in [0.29, 0.717) is 5.56 Å². The molecule has 4 nitrogen and oxygen atoms in total. The molecular formula is C20H23N3O. The molecule has 0 saturated heterocycles. The van der Waals surface area contributed by atoms with Crippen molar-refractivity contribution in [2.24, 2.45) is 7.05 Å². The highest BCUT2D eigenvalue weighted by molar-refractivity contribution is 5.98. The molecule has 0 bridgehead atoms. The molecule has 1 N–H and O–H groups in total. The van der Waals surface area contributed by atoms with Crippen LogP contribution >= 0.6 is 0 Å². The third kappa shape index (κ3) is 3.32. The maximum Gasteiger partial charge on any atom is 0.253 e. The van der Waals surface area contributed by atoms with E-state index in [9.17, 15) is 4.79 Å². The van der Waals surface area contributed by atoms with Gasteiger partial charge in [-0.25, -0.2) is 4.98 Å². The largest absolute Gasteiger partial charge is 0.347 e. The molecule has 124 valence electrons. The van der Waals surface area contributed by atoms with Gasteiger partial charge >= 0.3 is 0 Å². The fraction of sp³-hybridized carbons (Fsp3) is 0.300.